The number of hydrogen-bond donors (Lipinski definition) is 0. The van der Waals surface area contributed by atoms with Crippen LogP contribution in [0.25, 0.3) is 88.0 Å². The monoisotopic (exact) mass is 777 g/mol. The van der Waals surface area contributed by atoms with E-state index in [0.717, 1.165) is 39.6 Å². The van der Waals surface area contributed by atoms with Crippen LogP contribution in [0.2, 0.25) is 0 Å². The zero-order valence-corrected chi connectivity index (χ0v) is 33.4. The highest BCUT2D eigenvalue weighted by molar-refractivity contribution is 6.14. The van der Waals surface area contributed by atoms with E-state index in [1.807, 2.05) is 0 Å². The van der Waals surface area contributed by atoms with E-state index in [-0.39, 0.29) is 0 Å². The molecule has 3 heteroatoms. The molecule has 12 aromatic rings. The minimum atomic E-state index is 1.06. The van der Waals surface area contributed by atoms with Gasteiger partial charge in [-0.25, -0.2) is 0 Å². The van der Waals surface area contributed by atoms with E-state index >= 15 is 0 Å². The van der Waals surface area contributed by atoms with Crippen LogP contribution in [0.1, 0.15) is 0 Å². The lowest BCUT2D eigenvalue weighted by atomic mass is 9.99. The maximum absolute atomic E-state index is 2.45. The Morgan fingerprint density at radius 3 is 1.56 bits per heavy atom. The third-order valence-electron chi connectivity index (χ3n) is 12.2. The molecule has 0 aliphatic heterocycles. The number of rotatable bonds is 7. The molecule has 10 aromatic carbocycles. The van der Waals surface area contributed by atoms with Crippen molar-refractivity contribution in [1.82, 2.24) is 9.13 Å². The van der Waals surface area contributed by atoms with E-state index in [2.05, 4.69) is 251 Å². The van der Waals surface area contributed by atoms with Crippen molar-refractivity contribution in [2.75, 3.05) is 4.90 Å². The van der Waals surface area contributed by atoms with Crippen molar-refractivity contribution in [2.45, 2.75) is 0 Å². The highest BCUT2D eigenvalue weighted by Crippen LogP contribution is 2.44. The highest BCUT2D eigenvalue weighted by atomic mass is 15.1. The molecule has 0 bridgehead atoms. The van der Waals surface area contributed by atoms with E-state index in [9.17, 15) is 0 Å². The van der Waals surface area contributed by atoms with Gasteiger partial charge in [0.15, 0.2) is 0 Å². The number of anilines is 3. The number of benzene rings is 10. The summed E-state index contributed by atoms with van der Waals surface area (Å²) in [5.41, 5.74) is 14.8. The molecule has 0 saturated carbocycles. The average Bonchev–Trinajstić information content (AvgIpc) is 3.85. The number of fused-ring (bicyclic) bond motifs is 7. The molecule has 2 heterocycles. The standard InChI is InChI=1S/C58H39N3/c1-3-17-40(18-4-1)43-21-15-24-46(35-43)59(47-34-33-41-19-7-8-20-42(41)36-47)48-37-44(38-49(39-48)60-55-30-12-9-25-51(55)52-26-10-13-31-56(52)60)50-28-16-29-54-53-27-11-14-32-57(53)61(58(50)54)45-22-5-2-6-23-45/h1-39H. The van der Waals surface area contributed by atoms with Gasteiger partial charge in [-0.3, -0.25) is 0 Å². The Labute approximate surface area is 354 Å². The zero-order valence-electron chi connectivity index (χ0n) is 33.4. The van der Waals surface area contributed by atoms with Gasteiger partial charge in [0.05, 0.1) is 22.1 Å². The predicted molar refractivity (Wildman–Crippen MR) is 258 cm³/mol. The molecule has 0 saturated heterocycles. The van der Waals surface area contributed by atoms with E-state index in [1.165, 1.54) is 65.5 Å². The summed E-state index contributed by atoms with van der Waals surface area (Å²) in [6.07, 6.45) is 0. The van der Waals surface area contributed by atoms with Crippen LogP contribution in [0.5, 0.6) is 0 Å². The molecule has 0 N–H and O–H groups in total. The second kappa shape index (κ2) is 14.3. The van der Waals surface area contributed by atoms with Crippen LogP contribution in [-0.2, 0) is 0 Å². The molecule has 0 aliphatic carbocycles. The van der Waals surface area contributed by atoms with Crippen LogP contribution < -0.4 is 4.90 Å². The second-order valence-corrected chi connectivity index (χ2v) is 15.8. The maximum Gasteiger partial charge on any atom is 0.0619 e. The van der Waals surface area contributed by atoms with Crippen molar-refractivity contribution in [3.05, 3.63) is 237 Å². The summed E-state index contributed by atoms with van der Waals surface area (Å²) in [6.45, 7) is 0. The van der Waals surface area contributed by atoms with Gasteiger partial charge in [-0.2, -0.15) is 0 Å². The van der Waals surface area contributed by atoms with Gasteiger partial charge in [0.1, 0.15) is 0 Å². The third-order valence-corrected chi connectivity index (χ3v) is 12.2. The van der Waals surface area contributed by atoms with E-state index < -0.39 is 0 Å². The molecular weight excluding hydrogens is 739 g/mol. The number of aromatic nitrogens is 2. The SMILES string of the molecule is c1ccc(-c2cccc(N(c3cc(-c4cccc5c6ccccc6n(-c6ccccc6)c45)cc(-n4c5ccccc5c5ccccc54)c3)c3ccc4ccccc4c3)c2)cc1. The summed E-state index contributed by atoms with van der Waals surface area (Å²) in [7, 11) is 0. The van der Waals surface area contributed by atoms with Crippen LogP contribution in [0.3, 0.4) is 0 Å². The zero-order chi connectivity index (χ0) is 40.3. The van der Waals surface area contributed by atoms with Gasteiger partial charge in [-0.1, -0.05) is 164 Å². The molecule has 286 valence electrons. The maximum atomic E-state index is 2.45. The van der Waals surface area contributed by atoms with Gasteiger partial charge in [0.25, 0.3) is 0 Å². The van der Waals surface area contributed by atoms with Crippen molar-refractivity contribution in [2.24, 2.45) is 0 Å². The fourth-order valence-corrected chi connectivity index (χ4v) is 9.52. The largest absolute Gasteiger partial charge is 0.310 e. The van der Waals surface area contributed by atoms with Crippen LogP contribution in [-0.4, -0.2) is 9.13 Å². The summed E-state index contributed by atoms with van der Waals surface area (Å²) in [4.78, 5) is 2.44. The second-order valence-electron chi connectivity index (χ2n) is 15.8. The molecule has 0 radical (unpaired) electrons. The Balaban J connectivity index is 1.19. The van der Waals surface area contributed by atoms with Crippen molar-refractivity contribution in [3.63, 3.8) is 0 Å². The Hall–Kier alpha value is -8.14. The van der Waals surface area contributed by atoms with Gasteiger partial charge in [0, 0.05) is 55.5 Å². The summed E-state index contributed by atoms with van der Waals surface area (Å²) < 4.78 is 4.89. The molecule has 0 fully saturated rings. The Bertz CT molecular complexity index is 3540. The van der Waals surface area contributed by atoms with Crippen LogP contribution in [0, 0.1) is 0 Å². The fourth-order valence-electron chi connectivity index (χ4n) is 9.52. The van der Waals surface area contributed by atoms with E-state index in [0.29, 0.717) is 0 Å². The minimum absolute atomic E-state index is 1.06. The summed E-state index contributed by atoms with van der Waals surface area (Å²) in [5, 5.41) is 7.33. The molecule has 0 amide bonds. The lowest BCUT2D eigenvalue weighted by Gasteiger charge is -2.28. The first kappa shape index (κ1) is 34.9. The van der Waals surface area contributed by atoms with E-state index in [4.69, 9.17) is 0 Å². The molecular formula is C58H39N3. The molecule has 12 rings (SSSR count). The summed E-state index contributed by atoms with van der Waals surface area (Å²) in [6, 6.07) is 86.2. The first-order chi connectivity index (χ1) is 30.3. The van der Waals surface area contributed by atoms with Gasteiger partial charge in [-0.05, 0) is 100 Å². The topological polar surface area (TPSA) is 13.1 Å². The Morgan fingerprint density at radius 1 is 0.279 bits per heavy atom. The minimum Gasteiger partial charge on any atom is -0.310 e. The summed E-state index contributed by atoms with van der Waals surface area (Å²) in [5.74, 6) is 0. The van der Waals surface area contributed by atoms with Crippen molar-refractivity contribution < 1.29 is 0 Å². The van der Waals surface area contributed by atoms with Crippen molar-refractivity contribution in [3.8, 4) is 33.6 Å². The summed E-state index contributed by atoms with van der Waals surface area (Å²) >= 11 is 0. The molecule has 0 unspecified atom stereocenters. The number of hydrogen-bond acceptors (Lipinski definition) is 1. The van der Waals surface area contributed by atoms with Crippen LogP contribution in [0.4, 0.5) is 17.1 Å². The number of para-hydroxylation sites is 5. The fraction of sp³-hybridized carbons (Fsp3) is 0. The van der Waals surface area contributed by atoms with E-state index in [1.54, 1.807) is 0 Å². The molecule has 0 spiro atoms. The van der Waals surface area contributed by atoms with Gasteiger partial charge >= 0.3 is 0 Å². The molecule has 2 aromatic heterocycles. The quantitative estimate of drug-likeness (QED) is 0.157. The molecule has 0 atom stereocenters. The molecule has 61 heavy (non-hydrogen) atoms. The smallest absolute Gasteiger partial charge is 0.0619 e. The first-order valence-electron chi connectivity index (χ1n) is 20.9. The predicted octanol–water partition coefficient (Wildman–Crippen LogP) is 15.8. The normalized spacial score (nSPS) is 11.6. The lowest BCUT2D eigenvalue weighted by Crippen LogP contribution is -2.11. The Morgan fingerprint density at radius 2 is 0.820 bits per heavy atom. The van der Waals surface area contributed by atoms with Crippen molar-refractivity contribution >= 4 is 71.4 Å². The van der Waals surface area contributed by atoms with Gasteiger partial charge in [0.2, 0.25) is 0 Å². The number of nitrogens with zero attached hydrogens (tertiary/aromatic N) is 3. The molecule has 3 nitrogen and oxygen atoms in total. The van der Waals surface area contributed by atoms with Gasteiger partial charge < -0.3 is 14.0 Å². The van der Waals surface area contributed by atoms with Gasteiger partial charge in [-0.15, -0.1) is 0 Å². The van der Waals surface area contributed by atoms with Crippen LogP contribution in [0.15, 0.2) is 237 Å². The first-order valence-corrected chi connectivity index (χ1v) is 20.9. The third kappa shape index (κ3) is 5.82. The van der Waals surface area contributed by atoms with Crippen molar-refractivity contribution in [1.29, 1.82) is 0 Å². The molecule has 0 aliphatic rings. The highest BCUT2D eigenvalue weighted by Gasteiger charge is 2.22. The lowest BCUT2D eigenvalue weighted by molar-refractivity contribution is 1.17. The average molecular weight is 778 g/mol. The Kier molecular flexibility index (Phi) is 8.17. The van der Waals surface area contributed by atoms with Crippen LogP contribution >= 0.6 is 0 Å².